The van der Waals surface area contributed by atoms with Gasteiger partial charge >= 0.3 is 0 Å². The van der Waals surface area contributed by atoms with Crippen LogP contribution >= 0.6 is 12.4 Å². The first-order valence-electron chi connectivity index (χ1n) is 7.35. The Hall–Kier alpha value is -1.26. The quantitative estimate of drug-likeness (QED) is 0.606. The minimum Gasteiger partial charge on any atom is -0.324 e. The molecular formula is C14H23ClN4O4S. The maximum atomic E-state index is 12.6. The van der Waals surface area contributed by atoms with Gasteiger partial charge in [0, 0.05) is 50.4 Å². The molecule has 0 radical (unpaired) electrons. The number of nitro benzene ring substituents is 1. The van der Waals surface area contributed by atoms with Crippen LogP contribution in [-0.2, 0) is 10.0 Å². The van der Waals surface area contributed by atoms with Crippen LogP contribution < -0.4 is 5.73 Å². The standard InChI is InChI=1S/C14H22N4O4S.ClH/c1-14(2,15)11-16-6-8-17(9-7-16)23(21,22)13-5-3-4-12(10-13)18(19)20;/h3-5,10H,6-9,11,15H2,1-2H3;1H. The minimum atomic E-state index is -3.71. The average Bonchev–Trinajstić information content (AvgIpc) is 2.46. The highest BCUT2D eigenvalue weighted by molar-refractivity contribution is 7.89. The highest BCUT2D eigenvalue weighted by Gasteiger charge is 2.30. The van der Waals surface area contributed by atoms with Gasteiger partial charge in [-0.1, -0.05) is 6.07 Å². The van der Waals surface area contributed by atoms with Crippen molar-refractivity contribution in [1.29, 1.82) is 0 Å². The second-order valence-electron chi connectivity index (χ2n) is 6.42. The molecule has 0 bridgehead atoms. The van der Waals surface area contributed by atoms with Crippen LogP contribution in [0.3, 0.4) is 0 Å². The molecule has 0 atom stereocenters. The van der Waals surface area contributed by atoms with Crippen molar-refractivity contribution in [2.45, 2.75) is 24.3 Å². The van der Waals surface area contributed by atoms with Crippen LogP contribution in [-0.4, -0.2) is 60.8 Å². The Morgan fingerprint density at radius 3 is 2.33 bits per heavy atom. The van der Waals surface area contributed by atoms with E-state index >= 15 is 0 Å². The monoisotopic (exact) mass is 378 g/mol. The van der Waals surface area contributed by atoms with Gasteiger partial charge in [-0.05, 0) is 19.9 Å². The third kappa shape index (κ3) is 5.12. The van der Waals surface area contributed by atoms with Gasteiger partial charge in [0.2, 0.25) is 10.0 Å². The Bertz CT molecular complexity index is 682. The largest absolute Gasteiger partial charge is 0.324 e. The number of non-ortho nitro benzene ring substituents is 1. The molecule has 24 heavy (non-hydrogen) atoms. The van der Waals surface area contributed by atoms with Gasteiger partial charge in [0.15, 0.2) is 0 Å². The average molecular weight is 379 g/mol. The van der Waals surface area contributed by atoms with Crippen LogP contribution in [0.4, 0.5) is 5.69 Å². The summed E-state index contributed by atoms with van der Waals surface area (Å²) in [7, 11) is -3.71. The fraction of sp³-hybridized carbons (Fsp3) is 0.571. The molecule has 1 saturated heterocycles. The normalized spacial score (nSPS) is 17.3. The molecule has 1 heterocycles. The Morgan fingerprint density at radius 1 is 1.25 bits per heavy atom. The smallest absolute Gasteiger partial charge is 0.270 e. The van der Waals surface area contributed by atoms with Gasteiger partial charge < -0.3 is 5.73 Å². The molecule has 1 aromatic rings. The molecule has 1 aliphatic rings. The van der Waals surface area contributed by atoms with Crippen LogP contribution in [0.15, 0.2) is 29.2 Å². The van der Waals surface area contributed by atoms with E-state index in [-0.39, 0.29) is 28.5 Å². The van der Waals surface area contributed by atoms with Crippen molar-refractivity contribution in [3.63, 3.8) is 0 Å². The molecule has 0 amide bonds. The van der Waals surface area contributed by atoms with E-state index in [4.69, 9.17) is 5.73 Å². The molecule has 1 fully saturated rings. The molecule has 2 rings (SSSR count). The molecule has 2 N–H and O–H groups in total. The highest BCUT2D eigenvalue weighted by atomic mass is 35.5. The molecule has 1 aromatic carbocycles. The van der Waals surface area contributed by atoms with Gasteiger partial charge in [-0.25, -0.2) is 8.42 Å². The zero-order chi connectivity index (χ0) is 17.3. The van der Waals surface area contributed by atoms with Crippen molar-refractivity contribution >= 4 is 28.1 Å². The summed E-state index contributed by atoms with van der Waals surface area (Å²) < 4.78 is 26.6. The highest BCUT2D eigenvalue weighted by Crippen LogP contribution is 2.22. The molecule has 1 aliphatic heterocycles. The van der Waals surface area contributed by atoms with Crippen molar-refractivity contribution in [3.05, 3.63) is 34.4 Å². The van der Waals surface area contributed by atoms with E-state index in [0.717, 1.165) is 6.07 Å². The molecule has 10 heteroatoms. The fourth-order valence-corrected chi connectivity index (χ4v) is 4.07. The van der Waals surface area contributed by atoms with E-state index < -0.39 is 14.9 Å². The molecule has 0 spiro atoms. The van der Waals surface area contributed by atoms with Crippen molar-refractivity contribution in [1.82, 2.24) is 9.21 Å². The Balaban J connectivity index is 0.00000288. The summed E-state index contributed by atoms with van der Waals surface area (Å²) >= 11 is 0. The summed E-state index contributed by atoms with van der Waals surface area (Å²) in [4.78, 5) is 12.3. The number of benzene rings is 1. The van der Waals surface area contributed by atoms with Gasteiger partial charge in [-0.2, -0.15) is 4.31 Å². The molecular weight excluding hydrogens is 356 g/mol. The van der Waals surface area contributed by atoms with Crippen LogP contribution in [0, 0.1) is 10.1 Å². The Labute approximate surface area is 148 Å². The maximum absolute atomic E-state index is 12.6. The molecule has 0 aromatic heterocycles. The van der Waals surface area contributed by atoms with Gasteiger partial charge in [0.05, 0.1) is 9.82 Å². The number of rotatable bonds is 5. The van der Waals surface area contributed by atoms with E-state index in [1.807, 2.05) is 13.8 Å². The second kappa shape index (κ2) is 7.75. The first-order chi connectivity index (χ1) is 10.6. The number of nitro groups is 1. The Morgan fingerprint density at radius 2 is 1.83 bits per heavy atom. The van der Waals surface area contributed by atoms with Gasteiger partial charge in [0.25, 0.3) is 5.69 Å². The summed E-state index contributed by atoms with van der Waals surface area (Å²) in [5.41, 5.74) is 5.43. The van der Waals surface area contributed by atoms with E-state index in [2.05, 4.69) is 4.90 Å². The molecule has 8 nitrogen and oxygen atoms in total. The van der Waals surface area contributed by atoms with E-state index in [1.165, 1.54) is 22.5 Å². The molecule has 0 saturated carbocycles. The van der Waals surface area contributed by atoms with Crippen LogP contribution in [0.2, 0.25) is 0 Å². The maximum Gasteiger partial charge on any atom is 0.270 e. The summed E-state index contributed by atoms with van der Waals surface area (Å²) in [6.45, 7) is 6.43. The van der Waals surface area contributed by atoms with Gasteiger partial charge in [0.1, 0.15) is 0 Å². The molecule has 0 aliphatic carbocycles. The predicted molar refractivity (Wildman–Crippen MR) is 93.8 cm³/mol. The van der Waals surface area contributed by atoms with Crippen molar-refractivity contribution < 1.29 is 13.3 Å². The minimum absolute atomic E-state index is 0. The zero-order valence-electron chi connectivity index (χ0n) is 13.7. The summed E-state index contributed by atoms with van der Waals surface area (Å²) in [5, 5.41) is 10.8. The zero-order valence-corrected chi connectivity index (χ0v) is 15.3. The first-order valence-corrected chi connectivity index (χ1v) is 8.79. The van der Waals surface area contributed by atoms with Crippen molar-refractivity contribution in [2.24, 2.45) is 5.73 Å². The summed E-state index contributed by atoms with van der Waals surface area (Å²) in [6, 6.07) is 5.15. The lowest BCUT2D eigenvalue weighted by molar-refractivity contribution is -0.385. The van der Waals surface area contributed by atoms with E-state index in [1.54, 1.807) is 0 Å². The molecule has 136 valence electrons. The number of halogens is 1. The number of hydrogen-bond donors (Lipinski definition) is 1. The number of nitrogens with two attached hydrogens (primary N) is 1. The lowest BCUT2D eigenvalue weighted by Crippen LogP contribution is -2.53. The Kier molecular flexibility index (Phi) is 6.71. The lowest BCUT2D eigenvalue weighted by atomic mass is 10.1. The number of piperazine rings is 1. The predicted octanol–water partition coefficient (Wildman–Crippen LogP) is 1.06. The van der Waals surface area contributed by atoms with Gasteiger partial charge in [-0.3, -0.25) is 15.0 Å². The van der Waals surface area contributed by atoms with Crippen LogP contribution in [0.1, 0.15) is 13.8 Å². The number of hydrogen-bond acceptors (Lipinski definition) is 6. The van der Waals surface area contributed by atoms with Gasteiger partial charge in [-0.15, -0.1) is 12.4 Å². The SMILES string of the molecule is CC(C)(N)CN1CCN(S(=O)(=O)c2cccc([N+](=O)[O-])c2)CC1.Cl. The summed E-state index contributed by atoms with van der Waals surface area (Å²) in [5.74, 6) is 0. The van der Waals surface area contributed by atoms with E-state index in [9.17, 15) is 18.5 Å². The van der Waals surface area contributed by atoms with E-state index in [0.29, 0.717) is 32.7 Å². The fourth-order valence-electron chi connectivity index (χ4n) is 2.61. The van der Waals surface area contributed by atoms with Crippen molar-refractivity contribution in [3.8, 4) is 0 Å². The second-order valence-corrected chi connectivity index (χ2v) is 8.36. The summed E-state index contributed by atoms with van der Waals surface area (Å²) in [6.07, 6.45) is 0. The van der Waals surface area contributed by atoms with Crippen LogP contribution in [0.5, 0.6) is 0 Å². The van der Waals surface area contributed by atoms with Crippen LogP contribution in [0.25, 0.3) is 0 Å². The van der Waals surface area contributed by atoms with Crippen molar-refractivity contribution in [2.75, 3.05) is 32.7 Å². The first kappa shape index (κ1) is 20.8. The lowest BCUT2D eigenvalue weighted by Gasteiger charge is -2.37. The number of nitrogens with zero attached hydrogens (tertiary/aromatic N) is 3. The topological polar surface area (TPSA) is 110 Å². The third-order valence-corrected chi connectivity index (χ3v) is 5.52. The molecule has 0 unspecified atom stereocenters. The third-order valence-electron chi connectivity index (χ3n) is 3.63. The number of sulfonamides is 1.